The summed E-state index contributed by atoms with van der Waals surface area (Å²) >= 11 is 5.80. The first-order valence-electron chi connectivity index (χ1n) is 6.92. The van der Waals surface area contributed by atoms with Crippen molar-refractivity contribution in [2.45, 2.75) is 13.5 Å². The van der Waals surface area contributed by atoms with E-state index in [1.807, 2.05) is 6.92 Å². The lowest BCUT2D eigenvalue weighted by Gasteiger charge is -2.21. The van der Waals surface area contributed by atoms with Crippen LogP contribution >= 0.6 is 11.6 Å². The number of halogens is 1. The number of benzene rings is 1. The summed E-state index contributed by atoms with van der Waals surface area (Å²) in [4.78, 5) is 24.2. The van der Waals surface area contributed by atoms with Gasteiger partial charge in [0.25, 0.3) is 0 Å². The van der Waals surface area contributed by atoms with Crippen LogP contribution in [0.4, 0.5) is 0 Å². The normalized spacial score (nSPS) is 10.5. The van der Waals surface area contributed by atoms with Gasteiger partial charge in [0, 0.05) is 18.2 Å². The van der Waals surface area contributed by atoms with E-state index in [0.29, 0.717) is 24.8 Å². The molecule has 0 aliphatic carbocycles. The number of hydrogen-bond acceptors (Lipinski definition) is 4. The van der Waals surface area contributed by atoms with Crippen molar-refractivity contribution < 1.29 is 24.2 Å². The third kappa shape index (κ3) is 7.40. The summed E-state index contributed by atoms with van der Waals surface area (Å²) < 4.78 is 10.3. The van der Waals surface area contributed by atoms with Crippen molar-refractivity contribution in [3.05, 3.63) is 34.9 Å². The number of carboxylic acid groups (broad SMARTS) is 1. The molecule has 7 heteroatoms. The van der Waals surface area contributed by atoms with Crippen LogP contribution in [0.5, 0.6) is 0 Å². The van der Waals surface area contributed by atoms with Gasteiger partial charge in [0.15, 0.2) is 0 Å². The number of hydrogen-bond donors (Lipinski definition) is 1. The Kier molecular flexibility index (Phi) is 8.50. The molecule has 0 bridgehead atoms. The molecule has 0 saturated heterocycles. The third-order valence-electron chi connectivity index (χ3n) is 2.77. The summed E-state index contributed by atoms with van der Waals surface area (Å²) in [6.45, 7) is 2.79. The van der Waals surface area contributed by atoms with Crippen LogP contribution in [0.15, 0.2) is 24.3 Å². The van der Waals surface area contributed by atoms with Crippen LogP contribution in [0.25, 0.3) is 0 Å². The zero-order valence-electron chi connectivity index (χ0n) is 12.5. The lowest BCUT2D eigenvalue weighted by Crippen LogP contribution is -2.37. The van der Waals surface area contributed by atoms with Gasteiger partial charge in [-0.1, -0.05) is 23.7 Å². The first-order chi connectivity index (χ1) is 10.5. The van der Waals surface area contributed by atoms with Crippen LogP contribution in [-0.4, -0.2) is 54.9 Å². The second-order valence-electron chi connectivity index (χ2n) is 4.52. The van der Waals surface area contributed by atoms with Crippen LogP contribution in [0.3, 0.4) is 0 Å². The maximum atomic E-state index is 12.1. The van der Waals surface area contributed by atoms with Crippen molar-refractivity contribution in [3.8, 4) is 0 Å². The zero-order chi connectivity index (χ0) is 16.4. The molecule has 0 saturated carbocycles. The smallest absolute Gasteiger partial charge is 0.323 e. The largest absolute Gasteiger partial charge is 0.480 e. The Bertz CT molecular complexity index is 477. The van der Waals surface area contributed by atoms with E-state index in [-0.39, 0.29) is 25.6 Å². The molecule has 0 unspecified atom stereocenters. The molecule has 0 spiro atoms. The highest BCUT2D eigenvalue weighted by atomic mass is 35.5. The lowest BCUT2D eigenvalue weighted by molar-refractivity contribution is -0.147. The Morgan fingerprint density at radius 2 is 1.82 bits per heavy atom. The molecule has 22 heavy (non-hydrogen) atoms. The van der Waals surface area contributed by atoms with Gasteiger partial charge < -0.3 is 19.5 Å². The van der Waals surface area contributed by atoms with Gasteiger partial charge in [0.05, 0.1) is 13.2 Å². The van der Waals surface area contributed by atoms with Crippen molar-refractivity contribution in [2.75, 3.05) is 33.0 Å². The van der Waals surface area contributed by atoms with Crippen LogP contribution in [0.1, 0.15) is 12.5 Å². The molecule has 1 aromatic carbocycles. The third-order valence-corrected chi connectivity index (χ3v) is 3.02. The predicted molar refractivity (Wildman–Crippen MR) is 81.8 cm³/mol. The highest BCUT2D eigenvalue weighted by Crippen LogP contribution is 2.11. The summed E-state index contributed by atoms with van der Waals surface area (Å²) in [5, 5.41) is 9.50. The van der Waals surface area contributed by atoms with Crippen LogP contribution in [-0.2, 0) is 25.6 Å². The summed E-state index contributed by atoms with van der Waals surface area (Å²) in [5.41, 5.74) is 0.799. The molecular formula is C15H20ClNO5. The highest BCUT2D eigenvalue weighted by Gasteiger charge is 2.17. The second kappa shape index (κ2) is 10.2. The van der Waals surface area contributed by atoms with E-state index in [0.717, 1.165) is 5.56 Å². The van der Waals surface area contributed by atoms with E-state index in [4.69, 9.17) is 26.2 Å². The number of carbonyl (C=O) groups is 2. The lowest BCUT2D eigenvalue weighted by atomic mass is 10.2. The molecule has 1 aromatic rings. The number of aliphatic carboxylic acids is 1. The number of ether oxygens (including phenoxy) is 2. The van der Waals surface area contributed by atoms with E-state index in [1.165, 1.54) is 4.90 Å². The van der Waals surface area contributed by atoms with Crippen LogP contribution < -0.4 is 0 Å². The van der Waals surface area contributed by atoms with Crippen molar-refractivity contribution in [3.63, 3.8) is 0 Å². The van der Waals surface area contributed by atoms with Gasteiger partial charge in [0.1, 0.15) is 13.2 Å². The zero-order valence-corrected chi connectivity index (χ0v) is 13.2. The molecule has 0 radical (unpaired) electrons. The first-order valence-corrected chi connectivity index (χ1v) is 7.30. The van der Waals surface area contributed by atoms with Gasteiger partial charge >= 0.3 is 5.97 Å². The van der Waals surface area contributed by atoms with Crippen molar-refractivity contribution >= 4 is 23.5 Å². The van der Waals surface area contributed by atoms with E-state index in [9.17, 15) is 9.59 Å². The number of carbonyl (C=O) groups excluding carboxylic acids is 1. The molecule has 1 rings (SSSR count). The average Bonchev–Trinajstić information content (AvgIpc) is 2.48. The Morgan fingerprint density at radius 3 is 2.41 bits per heavy atom. The van der Waals surface area contributed by atoms with Gasteiger partial charge in [-0.3, -0.25) is 9.59 Å². The van der Waals surface area contributed by atoms with Gasteiger partial charge in [0.2, 0.25) is 5.91 Å². The minimum absolute atomic E-state index is 0.173. The molecule has 0 aromatic heterocycles. The summed E-state index contributed by atoms with van der Waals surface area (Å²) in [6, 6.07) is 6.89. The van der Waals surface area contributed by atoms with E-state index < -0.39 is 5.97 Å². The fourth-order valence-corrected chi connectivity index (χ4v) is 1.84. The predicted octanol–water partition coefficient (Wildman–Crippen LogP) is 1.81. The molecular weight excluding hydrogens is 310 g/mol. The Morgan fingerprint density at radius 1 is 1.18 bits per heavy atom. The van der Waals surface area contributed by atoms with Crippen molar-refractivity contribution in [2.24, 2.45) is 0 Å². The molecule has 0 heterocycles. The quantitative estimate of drug-likeness (QED) is 0.662. The van der Waals surface area contributed by atoms with Crippen molar-refractivity contribution in [1.29, 1.82) is 0 Å². The van der Waals surface area contributed by atoms with Gasteiger partial charge in [-0.25, -0.2) is 0 Å². The SMILES string of the molecule is CCOCCOCC(=O)N(CC(=O)O)Cc1ccc(Cl)cc1. The topological polar surface area (TPSA) is 76.1 Å². The maximum Gasteiger partial charge on any atom is 0.323 e. The van der Waals surface area contributed by atoms with Crippen molar-refractivity contribution in [1.82, 2.24) is 4.90 Å². The van der Waals surface area contributed by atoms with E-state index >= 15 is 0 Å². The number of rotatable bonds is 10. The molecule has 0 aliphatic heterocycles. The van der Waals surface area contributed by atoms with Crippen LogP contribution in [0.2, 0.25) is 5.02 Å². The van der Waals surface area contributed by atoms with Crippen LogP contribution in [0, 0.1) is 0 Å². The van der Waals surface area contributed by atoms with Gasteiger partial charge in [-0.2, -0.15) is 0 Å². The summed E-state index contributed by atoms with van der Waals surface area (Å²) in [7, 11) is 0. The molecule has 1 amide bonds. The summed E-state index contributed by atoms with van der Waals surface area (Å²) in [6.07, 6.45) is 0. The first kappa shape index (κ1) is 18.4. The molecule has 0 aliphatic rings. The summed E-state index contributed by atoms with van der Waals surface area (Å²) in [5.74, 6) is -1.45. The van der Waals surface area contributed by atoms with E-state index in [2.05, 4.69) is 0 Å². The monoisotopic (exact) mass is 329 g/mol. The fraction of sp³-hybridized carbons (Fsp3) is 0.467. The molecule has 0 fully saturated rings. The Labute approximate surface area is 134 Å². The second-order valence-corrected chi connectivity index (χ2v) is 4.96. The number of nitrogens with zero attached hydrogens (tertiary/aromatic N) is 1. The Balaban J connectivity index is 2.53. The molecule has 6 nitrogen and oxygen atoms in total. The molecule has 0 atom stereocenters. The Hall–Kier alpha value is -1.63. The fourth-order valence-electron chi connectivity index (χ4n) is 1.72. The molecule has 1 N–H and O–H groups in total. The van der Waals surface area contributed by atoms with E-state index in [1.54, 1.807) is 24.3 Å². The minimum atomic E-state index is -1.07. The van der Waals surface area contributed by atoms with Gasteiger partial charge in [-0.15, -0.1) is 0 Å². The molecule has 122 valence electrons. The standard InChI is InChI=1S/C15H20ClNO5/c1-2-21-7-8-22-11-14(18)17(10-15(19)20)9-12-3-5-13(16)6-4-12/h3-6H,2,7-11H2,1H3,(H,19,20). The number of carboxylic acids is 1. The minimum Gasteiger partial charge on any atom is -0.480 e. The maximum absolute atomic E-state index is 12.1. The van der Waals surface area contributed by atoms with Gasteiger partial charge in [-0.05, 0) is 24.6 Å². The average molecular weight is 330 g/mol. The highest BCUT2D eigenvalue weighted by molar-refractivity contribution is 6.30. The number of amides is 1.